The molecule has 0 aliphatic rings. The van der Waals surface area contributed by atoms with Crippen LogP contribution in [0.15, 0.2) is 72.9 Å². The van der Waals surface area contributed by atoms with Crippen molar-refractivity contribution in [3.8, 4) is 0 Å². The van der Waals surface area contributed by atoms with Crippen LogP contribution in [0, 0.1) is 0 Å². The number of hydrogen-bond donors (Lipinski definition) is 1. The van der Waals surface area contributed by atoms with Gasteiger partial charge >= 0.3 is 0 Å². The van der Waals surface area contributed by atoms with E-state index in [9.17, 15) is 4.79 Å². The molecule has 0 aromatic heterocycles. The molecule has 0 aromatic rings. The normalized spacial score (nSPS) is 13.4. The number of rotatable bonds is 15. The van der Waals surface area contributed by atoms with Crippen molar-refractivity contribution in [1.29, 1.82) is 0 Å². The molecule has 0 rings (SSSR count). The number of halogens is 3. The average molecular weight is 592 g/mol. The minimum absolute atomic E-state index is 0.125. The maximum Gasteiger partial charge on any atom is 0.258 e. The molecule has 0 saturated carbocycles. The zero-order valence-corrected chi connectivity index (χ0v) is 22.1. The number of amides is 1. The summed E-state index contributed by atoms with van der Waals surface area (Å²) in [6.07, 6.45) is 34.4. The van der Waals surface area contributed by atoms with Crippen LogP contribution >= 0.6 is 47.8 Å². The van der Waals surface area contributed by atoms with Gasteiger partial charge in [0.05, 0.1) is 0 Å². The smallest absolute Gasteiger partial charge is 0.258 e. The Hall–Kier alpha value is -0.650. The lowest BCUT2D eigenvalue weighted by atomic mass is 10.2. The van der Waals surface area contributed by atoms with Crippen LogP contribution in [-0.2, 0) is 4.79 Å². The van der Waals surface area contributed by atoms with Crippen molar-refractivity contribution in [1.82, 2.24) is 5.32 Å². The minimum atomic E-state index is -0.860. The average Bonchev–Trinajstić information content (AvgIpc) is 2.68. The third-order valence-corrected chi connectivity index (χ3v) is 4.77. The van der Waals surface area contributed by atoms with Gasteiger partial charge in [0.15, 0.2) is 0 Å². The molecule has 0 aliphatic carbocycles. The molecule has 5 heteroatoms. The molecule has 0 aliphatic heterocycles. The van der Waals surface area contributed by atoms with Gasteiger partial charge in [0.25, 0.3) is 5.91 Å². The predicted molar refractivity (Wildman–Crippen MR) is 140 cm³/mol. The molecular formula is C24H34Br3NO. The second kappa shape index (κ2) is 20.6. The second-order valence-corrected chi connectivity index (χ2v) is 13.1. The highest BCUT2D eigenvalue weighted by Crippen LogP contribution is 2.33. The fraction of sp³-hybridized carbons (Fsp3) is 0.458. The Morgan fingerprint density at radius 2 is 1.07 bits per heavy atom. The molecule has 29 heavy (non-hydrogen) atoms. The van der Waals surface area contributed by atoms with E-state index in [0.29, 0.717) is 6.54 Å². The standard InChI is InChI=1S/C24H34Br3NO/c1-2-3-4-5-6-7-8-9-10-11-12-13-14-15-16-17-18-19-20-21-22-28-23(29)24(25,26)27/h3-4,6-7,9-10,12-13,15-16,18-19H,2,5,8,11,14,17,20-22H2,1H3,(H,28,29)/b4-3-,7-6-,10-9-,13-12-,16-15-,19-18-. The van der Waals surface area contributed by atoms with E-state index in [2.05, 4.69) is 133 Å². The van der Waals surface area contributed by atoms with Gasteiger partial charge in [0.1, 0.15) is 0 Å². The molecule has 0 aromatic carbocycles. The Kier molecular flexibility index (Phi) is 20.2. The van der Waals surface area contributed by atoms with Crippen molar-refractivity contribution in [2.24, 2.45) is 0 Å². The van der Waals surface area contributed by atoms with Crippen molar-refractivity contribution in [3.05, 3.63) is 72.9 Å². The van der Waals surface area contributed by atoms with Crippen molar-refractivity contribution in [3.63, 3.8) is 0 Å². The maximum atomic E-state index is 11.6. The number of carbonyl (C=O) groups is 1. The van der Waals surface area contributed by atoms with E-state index in [-0.39, 0.29) is 5.91 Å². The van der Waals surface area contributed by atoms with Crippen LogP contribution in [0.5, 0.6) is 0 Å². The highest BCUT2D eigenvalue weighted by molar-refractivity contribution is 9.40. The first-order chi connectivity index (χ1) is 14.0. The predicted octanol–water partition coefficient (Wildman–Crippen LogP) is 8.42. The van der Waals surface area contributed by atoms with Gasteiger partial charge in [-0.15, -0.1) is 0 Å². The lowest BCUT2D eigenvalue weighted by molar-refractivity contribution is -0.119. The van der Waals surface area contributed by atoms with Crippen LogP contribution in [0.25, 0.3) is 0 Å². The van der Waals surface area contributed by atoms with Gasteiger partial charge < -0.3 is 5.32 Å². The quantitative estimate of drug-likeness (QED) is 0.116. The van der Waals surface area contributed by atoms with Gasteiger partial charge in [-0.2, -0.15) is 0 Å². The molecule has 1 amide bonds. The van der Waals surface area contributed by atoms with Gasteiger partial charge in [-0.05, 0) is 99.2 Å². The molecule has 0 heterocycles. The highest BCUT2D eigenvalue weighted by atomic mass is 80.0. The maximum absolute atomic E-state index is 11.6. The third kappa shape index (κ3) is 21.9. The number of alkyl halides is 3. The van der Waals surface area contributed by atoms with Gasteiger partial charge in [0, 0.05) is 6.54 Å². The molecule has 162 valence electrons. The molecule has 0 saturated heterocycles. The minimum Gasteiger partial charge on any atom is -0.353 e. The number of carbonyl (C=O) groups excluding carboxylic acids is 1. The summed E-state index contributed by atoms with van der Waals surface area (Å²) < 4.78 is -0.860. The van der Waals surface area contributed by atoms with E-state index in [4.69, 9.17) is 0 Å². The Bertz CT molecular complexity index is 581. The van der Waals surface area contributed by atoms with Crippen molar-refractivity contribution < 1.29 is 4.79 Å². The Labute approximate surface area is 202 Å². The first-order valence-electron chi connectivity index (χ1n) is 10.2. The van der Waals surface area contributed by atoms with Gasteiger partial charge in [-0.25, -0.2) is 0 Å². The number of allylic oxidation sites excluding steroid dienone is 12. The van der Waals surface area contributed by atoms with E-state index in [1.165, 1.54) is 0 Å². The topological polar surface area (TPSA) is 29.1 Å². The Morgan fingerprint density at radius 1 is 0.690 bits per heavy atom. The number of hydrogen-bond acceptors (Lipinski definition) is 1. The van der Waals surface area contributed by atoms with Crippen molar-refractivity contribution in [2.45, 2.75) is 60.4 Å². The molecule has 0 fully saturated rings. The first kappa shape index (κ1) is 28.4. The summed E-state index contributed by atoms with van der Waals surface area (Å²) in [6, 6.07) is 0. The van der Waals surface area contributed by atoms with Gasteiger partial charge in [-0.1, -0.05) is 79.8 Å². The van der Waals surface area contributed by atoms with E-state index < -0.39 is 2.14 Å². The number of nitrogens with one attached hydrogen (secondary N) is 1. The summed E-state index contributed by atoms with van der Waals surface area (Å²) in [4.78, 5) is 11.6. The van der Waals surface area contributed by atoms with Crippen LogP contribution in [0.3, 0.4) is 0 Å². The van der Waals surface area contributed by atoms with Crippen molar-refractivity contribution >= 4 is 53.7 Å². The van der Waals surface area contributed by atoms with Crippen LogP contribution in [-0.4, -0.2) is 14.6 Å². The third-order valence-electron chi connectivity index (χ3n) is 3.69. The fourth-order valence-electron chi connectivity index (χ4n) is 2.16. The van der Waals surface area contributed by atoms with Gasteiger partial charge in [-0.3, -0.25) is 4.79 Å². The molecular weight excluding hydrogens is 558 g/mol. The summed E-state index contributed by atoms with van der Waals surface area (Å²) >= 11 is 9.57. The zero-order valence-electron chi connectivity index (χ0n) is 17.3. The van der Waals surface area contributed by atoms with E-state index >= 15 is 0 Å². The van der Waals surface area contributed by atoms with Crippen LogP contribution in [0.1, 0.15) is 58.3 Å². The lowest BCUT2D eigenvalue weighted by Gasteiger charge is -2.11. The van der Waals surface area contributed by atoms with Crippen LogP contribution < -0.4 is 5.32 Å². The first-order valence-corrected chi connectivity index (χ1v) is 12.6. The lowest BCUT2D eigenvalue weighted by Crippen LogP contribution is -2.34. The highest BCUT2D eigenvalue weighted by Gasteiger charge is 2.27. The largest absolute Gasteiger partial charge is 0.353 e. The molecule has 2 nitrogen and oxygen atoms in total. The summed E-state index contributed by atoms with van der Waals surface area (Å²) in [7, 11) is 0. The SMILES string of the molecule is CC/C=C\C/C=C\C/C=C\C/C=C\C/C=C\C/C=C\CCCNC(=O)C(Br)(Br)Br. The molecule has 0 atom stereocenters. The summed E-state index contributed by atoms with van der Waals surface area (Å²) in [5, 5.41) is 2.84. The molecule has 0 spiro atoms. The Morgan fingerprint density at radius 3 is 1.45 bits per heavy atom. The monoisotopic (exact) mass is 589 g/mol. The second-order valence-electron chi connectivity index (χ2n) is 6.31. The van der Waals surface area contributed by atoms with Crippen LogP contribution in [0.4, 0.5) is 0 Å². The van der Waals surface area contributed by atoms with E-state index in [0.717, 1.165) is 51.4 Å². The van der Waals surface area contributed by atoms with Gasteiger partial charge in [0.2, 0.25) is 2.14 Å². The molecule has 0 unspecified atom stereocenters. The Balaban J connectivity index is 3.57. The summed E-state index contributed by atoms with van der Waals surface area (Å²) in [6.45, 7) is 2.82. The van der Waals surface area contributed by atoms with Crippen molar-refractivity contribution in [2.75, 3.05) is 6.54 Å². The van der Waals surface area contributed by atoms with E-state index in [1.54, 1.807) is 0 Å². The zero-order chi connectivity index (χ0) is 21.6. The summed E-state index contributed by atoms with van der Waals surface area (Å²) in [5.74, 6) is -0.125. The summed E-state index contributed by atoms with van der Waals surface area (Å²) in [5.41, 5.74) is 0. The molecule has 0 radical (unpaired) electrons. The molecule has 1 N–H and O–H groups in total. The molecule has 0 bridgehead atoms. The van der Waals surface area contributed by atoms with Crippen LogP contribution in [0.2, 0.25) is 0 Å². The fourth-order valence-corrected chi connectivity index (χ4v) is 2.58. The number of unbranched alkanes of at least 4 members (excludes halogenated alkanes) is 1. The van der Waals surface area contributed by atoms with E-state index in [1.807, 2.05) is 0 Å².